The Labute approximate surface area is 177 Å². The molecule has 2 aliphatic rings. The van der Waals surface area contributed by atoms with Gasteiger partial charge in [-0.25, -0.2) is 4.99 Å². The summed E-state index contributed by atoms with van der Waals surface area (Å²) in [5, 5.41) is 4.39. The molecule has 0 aliphatic carbocycles. The number of nitrogens with one attached hydrogen (secondary N) is 2. The zero-order valence-electron chi connectivity index (χ0n) is 17.2. The number of aromatic nitrogens is 3. The first-order valence-electron chi connectivity index (χ1n) is 10.1. The standard InChI is InChI=1S/C22H24N4O3S/c1-12-23-19-17(21(28)25-26(19)14-8-9-29-22(2,3)11-14)18(30-12)15-10-13-6-4-5-7-16(13)24-20(15)27/h4-7,10,14,18H,8-9,11H2,1-3H3,(H,24,27)(H,25,28)/t14-,18-/m1/s1. The van der Waals surface area contributed by atoms with Crippen LogP contribution in [0.25, 0.3) is 10.9 Å². The summed E-state index contributed by atoms with van der Waals surface area (Å²) in [6.45, 7) is 6.69. The minimum Gasteiger partial charge on any atom is -0.375 e. The van der Waals surface area contributed by atoms with Gasteiger partial charge in [-0.3, -0.25) is 19.4 Å². The van der Waals surface area contributed by atoms with Gasteiger partial charge in [0.2, 0.25) is 0 Å². The van der Waals surface area contributed by atoms with E-state index in [1.54, 1.807) is 0 Å². The van der Waals surface area contributed by atoms with E-state index in [2.05, 4.69) is 23.9 Å². The third-order valence-corrected chi connectivity index (χ3v) is 7.01. The fourth-order valence-electron chi connectivity index (χ4n) is 4.47. The Morgan fingerprint density at radius 2 is 2.03 bits per heavy atom. The van der Waals surface area contributed by atoms with Crippen LogP contribution in [0.15, 0.2) is 44.9 Å². The van der Waals surface area contributed by atoms with Crippen LogP contribution in [-0.2, 0) is 4.74 Å². The summed E-state index contributed by atoms with van der Waals surface area (Å²) in [5.41, 5.74) is 1.30. The van der Waals surface area contributed by atoms with Crippen molar-refractivity contribution < 1.29 is 4.74 Å². The van der Waals surface area contributed by atoms with Crippen molar-refractivity contribution >= 4 is 33.5 Å². The molecule has 0 radical (unpaired) electrons. The van der Waals surface area contributed by atoms with E-state index in [0.29, 0.717) is 23.6 Å². The van der Waals surface area contributed by atoms with Crippen LogP contribution < -0.4 is 11.1 Å². The third kappa shape index (κ3) is 3.24. The van der Waals surface area contributed by atoms with Crippen molar-refractivity contribution in [1.82, 2.24) is 14.8 Å². The molecule has 7 nitrogen and oxygen atoms in total. The molecule has 2 N–H and O–H groups in total. The van der Waals surface area contributed by atoms with Crippen LogP contribution in [0.3, 0.4) is 0 Å². The topological polar surface area (TPSA) is 92.2 Å². The molecule has 1 fully saturated rings. The molecule has 2 atom stereocenters. The lowest BCUT2D eigenvalue weighted by molar-refractivity contribution is -0.0705. The number of nitrogens with zero attached hydrogens (tertiary/aromatic N) is 2. The first-order valence-corrected chi connectivity index (χ1v) is 11.0. The van der Waals surface area contributed by atoms with Gasteiger partial charge in [0.1, 0.15) is 0 Å². The number of para-hydroxylation sites is 1. The second kappa shape index (κ2) is 6.99. The van der Waals surface area contributed by atoms with Gasteiger partial charge in [0.25, 0.3) is 11.1 Å². The van der Waals surface area contributed by atoms with Crippen LogP contribution in [0.4, 0.5) is 5.82 Å². The molecule has 30 heavy (non-hydrogen) atoms. The molecule has 3 aromatic rings. The van der Waals surface area contributed by atoms with E-state index in [9.17, 15) is 9.59 Å². The maximum atomic E-state index is 13.1. The number of thioether (sulfide) groups is 1. The molecular weight excluding hydrogens is 400 g/mol. The van der Waals surface area contributed by atoms with E-state index >= 15 is 0 Å². The highest BCUT2D eigenvalue weighted by Gasteiger charge is 2.36. The van der Waals surface area contributed by atoms with Gasteiger partial charge >= 0.3 is 0 Å². The Kier molecular flexibility index (Phi) is 4.52. The van der Waals surface area contributed by atoms with Crippen LogP contribution in [0, 0.1) is 0 Å². The largest absolute Gasteiger partial charge is 0.375 e. The SMILES string of the molecule is CC1=Nc2c(c(=O)[nH]n2[C@@H]2CCOC(C)(C)C2)[C@@H](c2cc3ccccc3[nH]c2=O)S1. The van der Waals surface area contributed by atoms with Crippen molar-refractivity contribution in [2.45, 2.75) is 50.5 Å². The Morgan fingerprint density at radius 3 is 2.83 bits per heavy atom. The molecule has 156 valence electrons. The molecule has 0 saturated carbocycles. The van der Waals surface area contributed by atoms with E-state index < -0.39 is 5.25 Å². The second-order valence-electron chi connectivity index (χ2n) is 8.57. The van der Waals surface area contributed by atoms with E-state index in [-0.39, 0.29) is 22.8 Å². The number of benzene rings is 1. The first kappa shape index (κ1) is 19.4. The third-order valence-electron chi connectivity index (χ3n) is 5.85. The molecule has 0 amide bonds. The highest BCUT2D eigenvalue weighted by atomic mass is 32.2. The van der Waals surface area contributed by atoms with Crippen molar-refractivity contribution in [2.24, 2.45) is 4.99 Å². The van der Waals surface area contributed by atoms with Crippen molar-refractivity contribution in [1.29, 1.82) is 0 Å². The normalized spacial score (nSPS) is 23.2. The van der Waals surface area contributed by atoms with Crippen LogP contribution in [0.5, 0.6) is 0 Å². The average Bonchev–Trinajstić information content (AvgIpc) is 3.02. The van der Waals surface area contributed by atoms with Gasteiger partial charge in [-0.15, -0.1) is 0 Å². The molecule has 8 heteroatoms. The van der Waals surface area contributed by atoms with E-state index in [1.807, 2.05) is 41.9 Å². The molecule has 1 aromatic carbocycles. The molecule has 0 spiro atoms. The summed E-state index contributed by atoms with van der Waals surface area (Å²) in [7, 11) is 0. The highest BCUT2D eigenvalue weighted by Crippen LogP contribution is 2.45. The number of hydrogen-bond acceptors (Lipinski definition) is 5. The van der Waals surface area contributed by atoms with E-state index in [0.717, 1.165) is 28.8 Å². The summed E-state index contributed by atoms with van der Waals surface area (Å²) in [6.07, 6.45) is 1.59. The van der Waals surface area contributed by atoms with Crippen molar-refractivity contribution in [3.8, 4) is 0 Å². The molecule has 5 rings (SSSR count). The number of aromatic amines is 2. The van der Waals surface area contributed by atoms with Gasteiger partial charge < -0.3 is 9.72 Å². The van der Waals surface area contributed by atoms with E-state index in [4.69, 9.17) is 9.73 Å². The second-order valence-corrected chi connectivity index (χ2v) is 9.87. The number of hydrogen-bond donors (Lipinski definition) is 2. The zero-order chi connectivity index (χ0) is 21.0. The van der Waals surface area contributed by atoms with Crippen LogP contribution in [-0.4, -0.2) is 32.0 Å². The fraction of sp³-hybridized carbons (Fsp3) is 0.409. The maximum Gasteiger partial charge on any atom is 0.271 e. The van der Waals surface area contributed by atoms with Gasteiger partial charge in [-0.1, -0.05) is 30.0 Å². The summed E-state index contributed by atoms with van der Waals surface area (Å²) in [4.78, 5) is 33.6. The molecule has 0 bridgehead atoms. The predicted molar refractivity (Wildman–Crippen MR) is 120 cm³/mol. The van der Waals surface area contributed by atoms with Gasteiger partial charge in [-0.2, -0.15) is 0 Å². The molecule has 4 heterocycles. The number of rotatable bonds is 2. The smallest absolute Gasteiger partial charge is 0.271 e. The quantitative estimate of drug-likeness (QED) is 0.650. The summed E-state index contributed by atoms with van der Waals surface area (Å²) >= 11 is 1.45. The summed E-state index contributed by atoms with van der Waals surface area (Å²) < 4.78 is 7.74. The Morgan fingerprint density at radius 1 is 1.23 bits per heavy atom. The lowest BCUT2D eigenvalue weighted by Crippen LogP contribution is -2.35. The Bertz CT molecular complexity index is 1280. The lowest BCUT2D eigenvalue weighted by Gasteiger charge is -2.36. The summed E-state index contributed by atoms with van der Waals surface area (Å²) in [6, 6.07) is 9.66. The van der Waals surface area contributed by atoms with Gasteiger partial charge in [-0.05, 0) is 51.1 Å². The van der Waals surface area contributed by atoms with Crippen molar-refractivity contribution in [2.75, 3.05) is 6.61 Å². The molecule has 1 saturated heterocycles. The number of pyridine rings is 1. The number of fused-ring (bicyclic) bond motifs is 2. The molecule has 2 aliphatic heterocycles. The first-order chi connectivity index (χ1) is 14.3. The van der Waals surface area contributed by atoms with Crippen molar-refractivity contribution in [3.05, 3.63) is 62.2 Å². The molecule has 2 aromatic heterocycles. The molecule has 0 unspecified atom stereocenters. The Hall–Kier alpha value is -2.58. The van der Waals surface area contributed by atoms with Crippen LogP contribution >= 0.6 is 11.8 Å². The number of ether oxygens (including phenoxy) is 1. The average molecular weight is 425 g/mol. The van der Waals surface area contributed by atoms with Crippen molar-refractivity contribution in [3.63, 3.8) is 0 Å². The lowest BCUT2D eigenvalue weighted by atomic mass is 9.94. The fourth-order valence-corrected chi connectivity index (χ4v) is 5.58. The molecular formula is C22H24N4O3S. The van der Waals surface area contributed by atoms with Crippen LogP contribution in [0.2, 0.25) is 0 Å². The number of aliphatic imine (C=N–C) groups is 1. The number of H-pyrrole nitrogens is 2. The van der Waals surface area contributed by atoms with Gasteiger partial charge in [0.05, 0.1) is 27.5 Å². The van der Waals surface area contributed by atoms with Gasteiger partial charge in [0, 0.05) is 17.7 Å². The van der Waals surface area contributed by atoms with E-state index in [1.165, 1.54) is 11.8 Å². The van der Waals surface area contributed by atoms with Crippen LogP contribution in [0.1, 0.15) is 56.0 Å². The zero-order valence-corrected chi connectivity index (χ0v) is 18.0. The summed E-state index contributed by atoms with van der Waals surface area (Å²) in [5.74, 6) is 0.636. The monoisotopic (exact) mass is 424 g/mol. The predicted octanol–water partition coefficient (Wildman–Crippen LogP) is 4.03. The Balaban J connectivity index is 1.65. The maximum absolute atomic E-state index is 13.1. The highest BCUT2D eigenvalue weighted by molar-refractivity contribution is 8.14. The minimum atomic E-state index is -0.399. The van der Waals surface area contributed by atoms with Gasteiger partial charge in [0.15, 0.2) is 5.82 Å². The minimum absolute atomic E-state index is 0.0976.